The maximum atomic E-state index is 10.6. The van der Waals surface area contributed by atoms with Crippen molar-refractivity contribution in [3.63, 3.8) is 0 Å². The van der Waals surface area contributed by atoms with Gasteiger partial charge in [0.2, 0.25) is 0 Å². The monoisotopic (exact) mass is 332 g/mol. The molecule has 2 aliphatic heterocycles. The number of hydrogen-bond acceptors (Lipinski definition) is 4. The Morgan fingerprint density at radius 3 is 2.25 bits per heavy atom. The molecule has 2 heterocycles. The van der Waals surface area contributed by atoms with Crippen LogP contribution in [0.3, 0.4) is 0 Å². The molecule has 0 bridgehead atoms. The molecule has 0 aromatic heterocycles. The third-order valence-corrected chi connectivity index (χ3v) is 5.39. The van der Waals surface area contributed by atoms with Gasteiger partial charge in [0, 0.05) is 26.2 Å². The number of aliphatic hydroxyl groups excluding tert-OH is 1. The average molecular weight is 332 g/mol. The molecule has 4 heteroatoms. The zero-order chi connectivity index (χ0) is 16.9. The van der Waals surface area contributed by atoms with Crippen LogP contribution in [-0.4, -0.2) is 67.4 Å². The number of β-amino-alcohol motifs (C(OH)–C–C–N with tert-alkyl or cyclic N) is 1. The Kier molecular flexibility index (Phi) is 6.28. The van der Waals surface area contributed by atoms with E-state index in [0.717, 1.165) is 57.4 Å². The first-order valence-electron chi connectivity index (χ1n) is 9.39. The van der Waals surface area contributed by atoms with Crippen LogP contribution in [0.1, 0.15) is 35.6 Å². The molecule has 4 nitrogen and oxygen atoms in total. The number of benzene rings is 1. The Morgan fingerprint density at radius 1 is 1.00 bits per heavy atom. The van der Waals surface area contributed by atoms with E-state index in [1.54, 1.807) is 0 Å². The van der Waals surface area contributed by atoms with Gasteiger partial charge in [0.15, 0.2) is 0 Å². The van der Waals surface area contributed by atoms with Crippen molar-refractivity contribution in [1.82, 2.24) is 9.80 Å². The normalized spacial score (nSPS) is 22.6. The first-order chi connectivity index (χ1) is 11.6. The van der Waals surface area contributed by atoms with Gasteiger partial charge >= 0.3 is 0 Å². The smallest absolute Gasteiger partial charge is 0.0917 e. The third-order valence-electron chi connectivity index (χ3n) is 5.39. The molecular weight excluding hydrogens is 300 g/mol. The second kappa shape index (κ2) is 8.43. The lowest BCUT2D eigenvalue weighted by molar-refractivity contribution is 0.0217. The van der Waals surface area contributed by atoms with E-state index in [0.29, 0.717) is 0 Å². The van der Waals surface area contributed by atoms with Crippen LogP contribution in [0.5, 0.6) is 0 Å². The first kappa shape index (κ1) is 17.9. The summed E-state index contributed by atoms with van der Waals surface area (Å²) in [6.07, 6.45) is 2.12. The molecule has 1 N–H and O–H groups in total. The number of piperidine rings is 1. The van der Waals surface area contributed by atoms with Gasteiger partial charge in [0.25, 0.3) is 0 Å². The first-order valence-corrected chi connectivity index (χ1v) is 9.39. The number of hydrogen-bond donors (Lipinski definition) is 1. The maximum absolute atomic E-state index is 10.6. The molecule has 1 aromatic rings. The van der Waals surface area contributed by atoms with Crippen molar-refractivity contribution in [2.24, 2.45) is 5.92 Å². The van der Waals surface area contributed by atoms with Gasteiger partial charge in [-0.15, -0.1) is 0 Å². The van der Waals surface area contributed by atoms with Crippen LogP contribution < -0.4 is 0 Å². The summed E-state index contributed by atoms with van der Waals surface area (Å²) in [5.41, 5.74) is 3.52. The van der Waals surface area contributed by atoms with Gasteiger partial charge in [-0.25, -0.2) is 0 Å². The fraction of sp³-hybridized carbons (Fsp3) is 0.700. The Balaban J connectivity index is 1.44. The van der Waals surface area contributed by atoms with Gasteiger partial charge in [0.05, 0.1) is 19.3 Å². The standard InChI is InChI=1S/C20H32N2O2/c1-16-11-17(2)13-19(12-16)20(23)15-21-5-3-18(4-6-21)14-22-7-9-24-10-8-22/h11-13,18,20,23H,3-10,14-15H2,1-2H3. The summed E-state index contributed by atoms with van der Waals surface area (Å²) in [5.74, 6) is 0.803. The predicted molar refractivity (Wildman–Crippen MR) is 97.3 cm³/mol. The van der Waals surface area contributed by atoms with Crippen LogP contribution in [0.25, 0.3) is 0 Å². The van der Waals surface area contributed by atoms with Gasteiger partial charge in [-0.05, 0) is 51.3 Å². The van der Waals surface area contributed by atoms with Crippen molar-refractivity contribution in [3.8, 4) is 0 Å². The molecule has 134 valence electrons. The van der Waals surface area contributed by atoms with Crippen molar-refractivity contribution in [1.29, 1.82) is 0 Å². The minimum absolute atomic E-state index is 0.376. The molecule has 24 heavy (non-hydrogen) atoms. The van der Waals surface area contributed by atoms with E-state index in [1.807, 2.05) is 0 Å². The largest absolute Gasteiger partial charge is 0.387 e. The summed E-state index contributed by atoms with van der Waals surface area (Å²) in [4.78, 5) is 4.98. The molecule has 0 radical (unpaired) electrons. The Morgan fingerprint density at radius 2 is 1.62 bits per heavy atom. The molecule has 0 amide bonds. The third kappa shape index (κ3) is 5.03. The predicted octanol–water partition coefficient (Wildman–Crippen LogP) is 2.38. The van der Waals surface area contributed by atoms with Crippen molar-refractivity contribution >= 4 is 0 Å². The SMILES string of the molecule is Cc1cc(C)cc(C(O)CN2CCC(CN3CCOCC3)CC2)c1. The fourth-order valence-corrected chi connectivity index (χ4v) is 4.05. The molecule has 0 aliphatic carbocycles. The van der Waals surface area contributed by atoms with Crippen LogP contribution >= 0.6 is 0 Å². The molecule has 0 spiro atoms. The van der Waals surface area contributed by atoms with E-state index in [4.69, 9.17) is 4.74 Å². The van der Waals surface area contributed by atoms with E-state index in [1.165, 1.54) is 30.5 Å². The van der Waals surface area contributed by atoms with Crippen molar-refractivity contribution in [2.45, 2.75) is 32.8 Å². The summed E-state index contributed by atoms with van der Waals surface area (Å²) in [6, 6.07) is 6.39. The highest BCUT2D eigenvalue weighted by atomic mass is 16.5. The quantitative estimate of drug-likeness (QED) is 0.898. The zero-order valence-electron chi connectivity index (χ0n) is 15.2. The van der Waals surface area contributed by atoms with Crippen molar-refractivity contribution < 1.29 is 9.84 Å². The van der Waals surface area contributed by atoms with E-state index in [9.17, 15) is 5.11 Å². The molecule has 2 aliphatic rings. The second-order valence-corrected chi connectivity index (χ2v) is 7.59. The number of ether oxygens (including phenoxy) is 1. The molecule has 0 saturated carbocycles. The van der Waals surface area contributed by atoms with Gasteiger partial charge in [0.1, 0.15) is 0 Å². The minimum Gasteiger partial charge on any atom is -0.387 e. The number of morpholine rings is 1. The molecule has 2 saturated heterocycles. The lowest BCUT2D eigenvalue weighted by atomic mass is 9.95. The van der Waals surface area contributed by atoms with Crippen molar-refractivity contribution in [2.75, 3.05) is 52.5 Å². The highest BCUT2D eigenvalue weighted by Crippen LogP contribution is 2.23. The summed E-state index contributed by atoms with van der Waals surface area (Å²) >= 11 is 0. The second-order valence-electron chi connectivity index (χ2n) is 7.59. The molecule has 2 fully saturated rings. The van der Waals surface area contributed by atoms with E-state index in [-0.39, 0.29) is 6.10 Å². The molecule has 1 atom stereocenters. The van der Waals surface area contributed by atoms with Crippen LogP contribution in [-0.2, 0) is 4.74 Å². The van der Waals surface area contributed by atoms with Crippen LogP contribution in [0.15, 0.2) is 18.2 Å². The summed E-state index contributed by atoms with van der Waals surface area (Å²) in [5, 5.41) is 10.6. The van der Waals surface area contributed by atoms with Crippen LogP contribution in [0.2, 0.25) is 0 Å². The lowest BCUT2D eigenvalue weighted by Gasteiger charge is -2.36. The number of likely N-dealkylation sites (tertiary alicyclic amines) is 1. The van der Waals surface area contributed by atoms with Crippen LogP contribution in [0, 0.1) is 19.8 Å². The highest BCUT2D eigenvalue weighted by molar-refractivity contribution is 5.30. The van der Waals surface area contributed by atoms with E-state index >= 15 is 0 Å². The Labute approximate surface area is 146 Å². The van der Waals surface area contributed by atoms with Gasteiger partial charge in [-0.1, -0.05) is 29.3 Å². The van der Waals surface area contributed by atoms with Gasteiger partial charge in [-0.3, -0.25) is 4.90 Å². The molecule has 1 unspecified atom stereocenters. The molecular formula is C20H32N2O2. The zero-order valence-corrected chi connectivity index (χ0v) is 15.2. The number of aliphatic hydroxyl groups is 1. The summed E-state index contributed by atoms with van der Waals surface area (Å²) in [7, 11) is 0. The lowest BCUT2D eigenvalue weighted by Crippen LogP contribution is -2.43. The Hall–Kier alpha value is -0.940. The molecule has 3 rings (SSSR count). The average Bonchev–Trinajstić information content (AvgIpc) is 2.57. The Bertz CT molecular complexity index is 500. The maximum Gasteiger partial charge on any atom is 0.0917 e. The number of rotatable bonds is 5. The summed E-state index contributed by atoms with van der Waals surface area (Å²) < 4.78 is 5.43. The minimum atomic E-state index is -0.376. The number of nitrogens with zero attached hydrogens (tertiary/aromatic N) is 2. The van der Waals surface area contributed by atoms with E-state index in [2.05, 4.69) is 41.8 Å². The highest BCUT2D eigenvalue weighted by Gasteiger charge is 2.24. The fourth-order valence-electron chi connectivity index (χ4n) is 4.05. The van der Waals surface area contributed by atoms with E-state index < -0.39 is 0 Å². The molecule has 1 aromatic carbocycles. The van der Waals surface area contributed by atoms with Crippen molar-refractivity contribution in [3.05, 3.63) is 34.9 Å². The van der Waals surface area contributed by atoms with Gasteiger partial charge < -0.3 is 14.7 Å². The number of aryl methyl sites for hydroxylation is 2. The van der Waals surface area contributed by atoms with Crippen LogP contribution in [0.4, 0.5) is 0 Å². The summed E-state index contributed by atoms with van der Waals surface area (Å²) in [6.45, 7) is 12.3. The topological polar surface area (TPSA) is 35.9 Å². The van der Waals surface area contributed by atoms with Gasteiger partial charge in [-0.2, -0.15) is 0 Å².